The minimum atomic E-state index is -0.497. The maximum absolute atomic E-state index is 12.3. The number of rotatable bonds is 3. The molecule has 0 saturated carbocycles. The van der Waals surface area contributed by atoms with Gasteiger partial charge in [-0.1, -0.05) is 6.08 Å². The smallest absolute Gasteiger partial charge is 0.410 e. The minimum absolute atomic E-state index is 0.280. The van der Waals surface area contributed by atoms with Crippen LogP contribution in [0.5, 0.6) is 0 Å². The number of aromatic nitrogens is 1. The number of nitrogens with zero attached hydrogens (tertiary/aromatic N) is 2. The average Bonchev–Trinajstić information content (AvgIpc) is 3.02. The molecular weight excluding hydrogens is 503 g/mol. The second kappa shape index (κ2) is 8.59. The van der Waals surface area contributed by atoms with Gasteiger partial charge < -0.3 is 14.4 Å². The van der Waals surface area contributed by atoms with E-state index in [4.69, 9.17) is 9.47 Å². The van der Waals surface area contributed by atoms with Crippen LogP contribution < -0.4 is 0 Å². The van der Waals surface area contributed by atoms with Crippen LogP contribution in [0.1, 0.15) is 48.8 Å². The van der Waals surface area contributed by atoms with Gasteiger partial charge in [0.25, 0.3) is 0 Å². The van der Waals surface area contributed by atoms with Crippen molar-refractivity contribution in [2.75, 3.05) is 20.2 Å². The van der Waals surface area contributed by atoms with Crippen LogP contribution in [0.2, 0.25) is 0 Å². The fourth-order valence-corrected chi connectivity index (χ4v) is 5.13. The lowest BCUT2D eigenvalue weighted by atomic mass is 9.94. The molecule has 156 valence electrons. The summed E-state index contributed by atoms with van der Waals surface area (Å²) in [4.78, 5) is 26.1. The van der Waals surface area contributed by atoms with Crippen molar-refractivity contribution in [3.05, 3.63) is 41.1 Å². The van der Waals surface area contributed by atoms with E-state index in [9.17, 15) is 9.59 Å². The quantitative estimate of drug-likeness (QED) is 0.383. The highest BCUT2D eigenvalue weighted by Gasteiger charge is 2.25. The van der Waals surface area contributed by atoms with E-state index < -0.39 is 5.60 Å². The van der Waals surface area contributed by atoms with Crippen molar-refractivity contribution in [1.82, 2.24) is 8.87 Å². The number of hydrogen-bond acceptors (Lipinski definition) is 5. The predicted octanol–water partition coefficient (Wildman–Crippen LogP) is 5.61. The summed E-state index contributed by atoms with van der Waals surface area (Å²) in [5, 5.41) is 1.00. The van der Waals surface area contributed by atoms with Crippen LogP contribution in [0.15, 0.2) is 24.3 Å². The Morgan fingerprint density at radius 2 is 1.93 bits per heavy atom. The first-order chi connectivity index (χ1) is 13.6. The summed E-state index contributed by atoms with van der Waals surface area (Å²) in [7, 11) is 2.83. The molecular formula is C21H25IN2O4S. The van der Waals surface area contributed by atoms with Gasteiger partial charge in [0.1, 0.15) is 11.3 Å². The number of halogens is 1. The highest BCUT2D eigenvalue weighted by atomic mass is 127. The van der Waals surface area contributed by atoms with Crippen molar-refractivity contribution in [3.63, 3.8) is 0 Å². The molecule has 0 bridgehead atoms. The van der Waals surface area contributed by atoms with E-state index >= 15 is 0 Å². The summed E-state index contributed by atoms with van der Waals surface area (Å²) in [6.07, 6.45) is 2.57. The fraction of sp³-hybridized carbons (Fsp3) is 0.429. The molecule has 0 radical (unpaired) electrons. The topological polar surface area (TPSA) is 60.8 Å². The molecule has 0 atom stereocenters. The predicted molar refractivity (Wildman–Crippen MR) is 125 cm³/mol. The van der Waals surface area contributed by atoms with Crippen molar-refractivity contribution in [1.29, 1.82) is 0 Å². The van der Waals surface area contributed by atoms with Gasteiger partial charge in [0.2, 0.25) is 0 Å². The number of carbonyl (C=O) groups is 2. The SMILES string of the molecule is COC(=O)c1cc2cc(C)c(C3=CCN(C(=O)OC(C)(C)C)CC3)cc2n1SI. The summed E-state index contributed by atoms with van der Waals surface area (Å²) in [5.74, 6) is -0.352. The van der Waals surface area contributed by atoms with Crippen LogP contribution in [0, 0.1) is 6.92 Å². The first kappa shape index (κ1) is 22.0. The van der Waals surface area contributed by atoms with Gasteiger partial charge in [-0.05, 0) is 69.0 Å². The maximum Gasteiger partial charge on any atom is 0.410 e. The van der Waals surface area contributed by atoms with E-state index in [1.54, 1.807) is 4.90 Å². The van der Waals surface area contributed by atoms with Crippen molar-refractivity contribution < 1.29 is 19.1 Å². The van der Waals surface area contributed by atoms with E-state index in [0.29, 0.717) is 18.8 Å². The van der Waals surface area contributed by atoms with Gasteiger partial charge in [0.15, 0.2) is 0 Å². The number of esters is 1. The Bertz CT molecular complexity index is 991. The number of aryl methyl sites for hydroxylation is 1. The van der Waals surface area contributed by atoms with Crippen LogP contribution in [-0.4, -0.2) is 46.7 Å². The Labute approximate surface area is 187 Å². The lowest BCUT2D eigenvalue weighted by Gasteiger charge is -2.30. The molecule has 1 aliphatic heterocycles. The number of methoxy groups -OCH3 is 1. The molecule has 0 N–H and O–H groups in total. The second-order valence-electron chi connectivity index (χ2n) is 8.02. The van der Waals surface area contributed by atoms with Gasteiger partial charge >= 0.3 is 12.1 Å². The highest BCUT2D eigenvalue weighted by molar-refractivity contribution is 14.2. The van der Waals surface area contributed by atoms with Crippen molar-refractivity contribution in [3.8, 4) is 0 Å². The van der Waals surface area contributed by atoms with Crippen molar-refractivity contribution in [2.24, 2.45) is 0 Å². The Hall–Kier alpha value is -1.68. The van der Waals surface area contributed by atoms with Gasteiger partial charge in [0, 0.05) is 48.8 Å². The molecule has 6 nitrogen and oxygen atoms in total. The molecule has 29 heavy (non-hydrogen) atoms. The number of carbonyl (C=O) groups excluding carboxylic acids is 2. The largest absolute Gasteiger partial charge is 0.464 e. The summed E-state index contributed by atoms with van der Waals surface area (Å²) in [6, 6.07) is 6.09. The number of benzene rings is 1. The van der Waals surface area contributed by atoms with Crippen LogP contribution in [0.3, 0.4) is 0 Å². The summed E-state index contributed by atoms with van der Waals surface area (Å²) < 4.78 is 12.3. The van der Waals surface area contributed by atoms with Crippen molar-refractivity contribution >= 4 is 58.9 Å². The van der Waals surface area contributed by atoms with Crippen LogP contribution >= 0.6 is 30.3 Å². The molecule has 0 spiro atoms. The third-order valence-electron chi connectivity index (χ3n) is 4.77. The molecule has 1 aliphatic rings. The maximum atomic E-state index is 12.3. The molecule has 1 aromatic heterocycles. The molecule has 2 heterocycles. The molecule has 0 unspecified atom stereocenters. The van der Waals surface area contributed by atoms with E-state index in [0.717, 1.165) is 28.5 Å². The molecule has 8 heteroatoms. The number of ether oxygens (including phenoxy) is 2. The molecule has 0 saturated heterocycles. The Kier molecular flexibility index (Phi) is 6.52. The minimum Gasteiger partial charge on any atom is -0.464 e. The van der Waals surface area contributed by atoms with Gasteiger partial charge in [-0.2, -0.15) is 0 Å². The average molecular weight is 528 g/mol. The number of amides is 1. The third kappa shape index (κ3) is 4.74. The highest BCUT2D eigenvalue weighted by Crippen LogP contribution is 2.34. The standard InChI is InChI=1S/C21H25IN2O4S/c1-13-10-15-11-18(19(25)27-5)24(29-22)17(15)12-16(13)14-6-8-23(9-7-14)20(26)28-21(2,3)4/h6,10-12H,7-9H2,1-5H3. The molecule has 0 fully saturated rings. The second-order valence-corrected chi connectivity index (χ2v) is 9.70. The molecule has 3 rings (SSSR count). The zero-order chi connectivity index (χ0) is 21.3. The summed E-state index contributed by atoms with van der Waals surface area (Å²) in [5.41, 5.74) is 4.48. The zero-order valence-electron chi connectivity index (χ0n) is 17.2. The summed E-state index contributed by atoms with van der Waals surface area (Å²) >= 11 is 2.17. The van der Waals surface area contributed by atoms with E-state index in [1.165, 1.54) is 21.8 Å². The van der Waals surface area contributed by atoms with Crippen LogP contribution in [0.25, 0.3) is 16.5 Å². The molecule has 0 aliphatic carbocycles. The Morgan fingerprint density at radius 1 is 1.21 bits per heavy atom. The first-order valence-corrected chi connectivity index (χ1v) is 12.7. The summed E-state index contributed by atoms with van der Waals surface area (Å²) in [6.45, 7) is 8.83. The molecule has 1 amide bonds. The van der Waals surface area contributed by atoms with Gasteiger partial charge in [-0.25, -0.2) is 9.59 Å². The zero-order valence-corrected chi connectivity index (χ0v) is 20.2. The normalized spacial score (nSPS) is 14.7. The van der Waals surface area contributed by atoms with Crippen LogP contribution in [0.4, 0.5) is 4.79 Å². The Morgan fingerprint density at radius 3 is 2.48 bits per heavy atom. The van der Waals surface area contributed by atoms with Gasteiger partial charge in [0.05, 0.1) is 12.6 Å². The lowest BCUT2D eigenvalue weighted by molar-refractivity contribution is 0.0270. The van der Waals surface area contributed by atoms with Gasteiger partial charge in [-0.15, -0.1) is 0 Å². The van der Waals surface area contributed by atoms with Crippen LogP contribution in [-0.2, 0) is 9.47 Å². The van der Waals surface area contributed by atoms with E-state index in [1.807, 2.05) is 30.8 Å². The molecule has 2 aromatic rings. The van der Waals surface area contributed by atoms with Crippen molar-refractivity contribution in [2.45, 2.75) is 39.7 Å². The monoisotopic (exact) mass is 528 g/mol. The first-order valence-electron chi connectivity index (χ1n) is 9.35. The third-order valence-corrected chi connectivity index (χ3v) is 6.49. The number of fused-ring (bicyclic) bond motifs is 1. The van der Waals surface area contributed by atoms with E-state index in [-0.39, 0.29) is 12.1 Å². The van der Waals surface area contributed by atoms with Gasteiger partial charge in [-0.3, -0.25) is 3.97 Å². The number of hydrogen-bond donors (Lipinski definition) is 0. The molecule has 1 aromatic carbocycles. The van der Waals surface area contributed by atoms with E-state index in [2.05, 4.69) is 46.3 Å². The Balaban J connectivity index is 1.91. The lowest BCUT2D eigenvalue weighted by Crippen LogP contribution is -2.39. The fourth-order valence-electron chi connectivity index (χ4n) is 3.42.